The lowest BCUT2D eigenvalue weighted by Gasteiger charge is -2.22. The Morgan fingerprint density at radius 2 is 1.94 bits per heavy atom. The number of allylic oxidation sites excluding steroid dienone is 1. The molecule has 1 aromatic heterocycles. The predicted octanol–water partition coefficient (Wildman–Crippen LogP) is 4.22. The molecule has 0 saturated carbocycles. The molecule has 0 spiro atoms. The number of aromatic nitrogens is 1. The number of rotatable bonds is 5. The summed E-state index contributed by atoms with van der Waals surface area (Å²) in [6, 6.07) is 11.8. The van der Waals surface area contributed by atoms with Crippen LogP contribution in [0, 0.1) is 0 Å². The van der Waals surface area contributed by atoms with E-state index in [2.05, 4.69) is 0 Å². The number of fused-ring (bicyclic) bond motifs is 1. The summed E-state index contributed by atoms with van der Waals surface area (Å²) >= 11 is 13.5. The van der Waals surface area contributed by atoms with E-state index >= 15 is 0 Å². The van der Waals surface area contributed by atoms with Crippen LogP contribution in [0.5, 0.6) is 5.75 Å². The SMILES string of the molecule is CCOC(=O)C1=C(C)n2c(s/c(=C\c3ccc(Cl)cc3Cl)c2=O)=N[C@@H]1c1ccc(OC)cc1. The van der Waals surface area contributed by atoms with E-state index in [1.807, 2.05) is 12.1 Å². The van der Waals surface area contributed by atoms with Crippen LogP contribution in [0.3, 0.4) is 0 Å². The summed E-state index contributed by atoms with van der Waals surface area (Å²) in [7, 11) is 1.59. The largest absolute Gasteiger partial charge is 0.497 e. The van der Waals surface area contributed by atoms with Crippen molar-refractivity contribution < 1.29 is 14.3 Å². The van der Waals surface area contributed by atoms with E-state index in [-0.39, 0.29) is 12.2 Å². The Balaban J connectivity index is 1.93. The summed E-state index contributed by atoms with van der Waals surface area (Å²) < 4.78 is 12.4. The van der Waals surface area contributed by atoms with Gasteiger partial charge in [-0.25, -0.2) is 9.79 Å². The molecule has 170 valence electrons. The normalized spacial score (nSPS) is 15.8. The number of carbonyl (C=O) groups is 1. The molecule has 1 aliphatic heterocycles. The van der Waals surface area contributed by atoms with Crippen LogP contribution in [0.1, 0.15) is 31.0 Å². The van der Waals surface area contributed by atoms with Crippen molar-refractivity contribution in [3.05, 3.63) is 88.9 Å². The summed E-state index contributed by atoms with van der Waals surface area (Å²) in [6.45, 7) is 3.68. The van der Waals surface area contributed by atoms with Crippen molar-refractivity contribution in [2.75, 3.05) is 13.7 Å². The van der Waals surface area contributed by atoms with Gasteiger partial charge in [-0.3, -0.25) is 9.36 Å². The standard InChI is InChI=1S/C24H20Cl2N2O4S/c1-4-32-23(30)20-13(2)28-22(29)19(11-15-5-8-16(25)12-18(15)26)33-24(28)27-21(20)14-6-9-17(31-3)10-7-14/h5-12,21H,4H2,1-3H3/b19-11-/t21-/m1/s1. The molecule has 0 fully saturated rings. The second kappa shape index (κ2) is 9.55. The third-order valence-corrected chi connectivity index (χ3v) is 6.77. The first-order chi connectivity index (χ1) is 15.8. The van der Waals surface area contributed by atoms with E-state index in [9.17, 15) is 9.59 Å². The van der Waals surface area contributed by atoms with Gasteiger partial charge in [-0.15, -0.1) is 0 Å². The van der Waals surface area contributed by atoms with Gasteiger partial charge in [-0.05, 0) is 55.3 Å². The van der Waals surface area contributed by atoms with Gasteiger partial charge in [-0.2, -0.15) is 0 Å². The smallest absolute Gasteiger partial charge is 0.338 e. The highest BCUT2D eigenvalue weighted by Crippen LogP contribution is 2.33. The maximum Gasteiger partial charge on any atom is 0.338 e. The lowest BCUT2D eigenvalue weighted by Crippen LogP contribution is -2.35. The fourth-order valence-corrected chi connectivity index (χ4v) is 5.10. The van der Waals surface area contributed by atoms with Crippen molar-refractivity contribution >= 4 is 52.3 Å². The van der Waals surface area contributed by atoms with E-state index in [1.165, 1.54) is 15.9 Å². The molecule has 2 aromatic carbocycles. The zero-order chi connectivity index (χ0) is 23.7. The summed E-state index contributed by atoms with van der Waals surface area (Å²) in [5, 5.41) is 0.945. The number of esters is 1. The fourth-order valence-electron chi connectivity index (χ4n) is 3.60. The Bertz CT molecular complexity index is 1440. The minimum atomic E-state index is -0.611. The van der Waals surface area contributed by atoms with Crippen molar-refractivity contribution in [2.24, 2.45) is 4.99 Å². The van der Waals surface area contributed by atoms with Crippen LogP contribution in [-0.4, -0.2) is 24.3 Å². The van der Waals surface area contributed by atoms with Gasteiger partial charge in [0, 0.05) is 15.7 Å². The Morgan fingerprint density at radius 3 is 2.58 bits per heavy atom. The lowest BCUT2D eigenvalue weighted by molar-refractivity contribution is -0.138. The number of hydrogen-bond donors (Lipinski definition) is 0. The lowest BCUT2D eigenvalue weighted by atomic mass is 9.96. The molecule has 0 unspecified atom stereocenters. The van der Waals surface area contributed by atoms with Gasteiger partial charge in [0.25, 0.3) is 5.56 Å². The topological polar surface area (TPSA) is 69.9 Å². The number of nitrogens with zero attached hydrogens (tertiary/aromatic N) is 2. The molecule has 33 heavy (non-hydrogen) atoms. The van der Waals surface area contributed by atoms with Crippen LogP contribution in [0.2, 0.25) is 10.0 Å². The van der Waals surface area contributed by atoms with Crippen LogP contribution in [0.25, 0.3) is 11.8 Å². The third kappa shape index (κ3) is 4.49. The first kappa shape index (κ1) is 23.3. The van der Waals surface area contributed by atoms with Crippen LogP contribution in [0.15, 0.2) is 57.8 Å². The zero-order valence-corrected chi connectivity index (χ0v) is 20.4. The highest BCUT2D eigenvalue weighted by Gasteiger charge is 2.31. The van der Waals surface area contributed by atoms with Gasteiger partial charge in [-0.1, -0.05) is 52.7 Å². The first-order valence-corrected chi connectivity index (χ1v) is 11.7. The van der Waals surface area contributed by atoms with E-state index in [0.717, 1.165) is 5.56 Å². The number of hydrogen-bond acceptors (Lipinski definition) is 6. The molecule has 0 bridgehead atoms. The van der Waals surface area contributed by atoms with Crippen molar-refractivity contribution in [3.63, 3.8) is 0 Å². The quantitative estimate of drug-likeness (QED) is 0.489. The summed E-state index contributed by atoms with van der Waals surface area (Å²) in [6.07, 6.45) is 1.70. The Morgan fingerprint density at radius 1 is 1.21 bits per heavy atom. The number of benzene rings is 2. The molecule has 0 saturated heterocycles. The molecule has 0 amide bonds. The van der Waals surface area contributed by atoms with Crippen LogP contribution < -0.4 is 19.6 Å². The van der Waals surface area contributed by atoms with Gasteiger partial charge in [0.05, 0.1) is 23.8 Å². The molecule has 6 nitrogen and oxygen atoms in total. The minimum Gasteiger partial charge on any atom is -0.497 e. The van der Waals surface area contributed by atoms with E-state index in [1.54, 1.807) is 57.4 Å². The highest BCUT2D eigenvalue weighted by molar-refractivity contribution is 7.07. The van der Waals surface area contributed by atoms with Gasteiger partial charge < -0.3 is 9.47 Å². The number of halogens is 2. The zero-order valence-electron chi connectivity index (χ0n) is 18.1. The summed E-state index contributed by atoms with van der Waals surface area (Å²) in [5.41, 5.74) is 1.98. The van der Waals surface area contributed by atoms with Gasteiger partial charge >= 0.3 is 5.97 Å². The second-order valence-electron chi connectivity index (χ2n) is 7.22. The molecular weight excluding hydrogens is 483 g/mol. The van der Waals surface area contributed by atoms with E-state index in [0.29, 0.717) is 42.0 Å². The van der Waals surface area contributed by atoms with Crippen molar-refractivity contribution in [1.82, 2.24) is 4.57 Å². The average molecular weight is 503 g/mol. The van der Waals surface area contributed by atoms with Crippen molar-refractivity contribution in [1.29, 1.82) is 0 Å². The van der Waals surface area contributed by atoms with Crippen molar-refractivity contribution in [2.45, 2.75) is 19.9 Å². The molecule has 3 aromatic rings. The average Bonchev–Trinajstić information content (AvgIpc) is 3.11. The molecule has 0 radical (unpaired) electrons. The number of methoxy groups -OCH3 is 1. The van der Waals surface area contributed by atoms with Gasteiger partial charge in [0.1, 0.15) is 11.8 Å². The predicted molar refractivity (Wildman–Crippen MR) is 131 cm³/mol. The number of thiazole rings is 1. The van der Waals surface area contributed by atoms with E-state index < -0.39 is 12.0 Å². The molecule has 4 rings (SSSR count). The summed E-state index contributed by atoms with van der Waals surface area (Å²) in [5.74, 6) is 0.187. The van der Waals surface area contributed by atoms with E-state index in [4.69, 9.17) is 37.7 Å². The molecule has 9 heteroatoms. The third-order valence-electron chi connectivity index (χ3n) is 5.22. The Labute approximate surface area is 204 Å². The summed E-state index contributed by atoms with van der Waals surface area (Å²) in [4.78, 5) is 31.4. The molecular formula is C24H20Cl2N2O4S. The Hall–Kier alpha value is -2.87. The molecule has 1 atom stereocenters. The second-order valence-corrected chi connectivity index (χ2v) is 9.08. The number of carbonyl (C=O) groups excluding carboxylic acids is 1. The maximum absolute atomic E-state index is 13.3. The molecule has 0 N–H and O–H groups in total. The van der Waals surface area contributed by atoms with Crippen molar-refractivity contribution in [3.8, 4) is 5.75 Å². The number of ether oxygens (including phenoxy) is 2. The Kier molecular flexibility index (Phi) is 6.74. The van der Waals surface area contributed by atoms with Crippen LogP contribution in [0.4, 0.5) is 0 Å². The maximum atomic E-state index is 13.3. The highest BCUT2D eigenvalue weighted by atomic mass is 35.5. The monoisotopic (exact) mass is 502 g/mol. The molecule has 2 heterocycles. The molecule has 0 aliphatic carbocycles. The minimum absolute atomic E-state index is 0.213. The fraction of sp³-hybridized carbons (Fsp3) is 0.208. The van der Waals surface area contributed by atoms with Gasteiger partial charge in [0.15, 0.2) is 4.80 Å². The van der Waals surface area contributed by atoms with Crippen LogP contribution in [-0.2, 0) is 9.53 Å². The van der Waals surface area contributed by atoms with Gasteiger partial charge in [0.2, 0.25) is 0 Å². The molecule has 1 aliphatic rings. The first-order valence-electron chi connectivity index (χ1n) is 10.1. The van der Waals surface area contributed by atoms with Crippen LogP contribution >= 0.6 is 34.5 Å².